The van der Waals surface area contributed by atoms with E-state index in [-0.39, 0.29) is 0 Å². The molecule has 5 nitrogen and oxygen atoms in total. The summed E-state index contributed by atoms with van der Waals surface area (Å²) in [6, 6.07) is 16.2. The van der Waals surface area contributed by atoms with Crippen molar-refractivity contribution in [3.05, 3.63) is 54.4 Å². The van der Waals surface area contributed by atoms with Crippen molar-refractivity contribution in [2.24, 2.45) is 0 Å². The summed E-state index contributed by atoms with van der Waals surface area (Å²) in [6.07, 6.45) is 6.25. The maximum atomic E-state index is 5.94. The first kappa shape index (κ1) is 19.8. The van der Waals surface area contributed by atoms with Crippen molar-refractivity contribution in [1.29, 1.82) is 0 Å². The zero-order valence-electron chi connectivity index (χ0n) is 17.3. The summed E-state index contributed by atoms with van der Waals surface area (Å²) in [7, 11) is 1.68. The van der Waals surface area contributed by atoms with Gasteiger partial charge >= 0.3 is 0 Å². The van der Waals surface area contributed by atoms with Gasteiger partial charge in [0, 0.05) is 12.6 Å². The Balaban J connectivity index is 1.42. The number of hydrogen-bond acceptors (Lipinski definition) is 4. The molecule has 0 spiro atoms. The molecule has 0 aliphatic carbocycles. The van der Waals surface area contributed by atoms with Crippen LogP contribution in [-0.2, 0) is 13.1 Å². The number of imidazole rings is 1. The molecule has 2 aromatic carbocycles. The van der Waals surface area contributed by atoms with Crippen LogP contribution in [0.25, 0.3) is 11.0 Å². The molecule has 1 aliphatic rings. The maximum Gasteiger partial charge on any atom is 0.124 e. The molecule has 1 fully saturated rings. The molecule has 0 radical (unpaired) electrons. The van der Waals surface area contributed by atoms with E-state index >= 15 is 0 Å². The van der Waals surface area contributed by atoms with Crippen molar-refractivity contribution in [1.82, 2.24) is 14.5 Å². The van der Waals surface area contributed by atoms with E-state index in [4.69, 9.17) is 14.5 Å². The number of rotatable bonds is 8. The fourth-order valence-electron chi connectivity index (χ4n) is 4.09. The van der Waals surface area contributed by atoms with Crippen LogP contribution < -0.4 is 9.47 Å². The third kappa shape index (κ3) is 5.10. The monoisotopic (exact) mass is 393 g/mol. The van der Waals surface area contributed by atoms with Crippen LogP contribution in [0.1, 0.15) is 37.9 Å². The molecular formula is C24H31N3O2. The number of fused-ring (bicyclic) bond motifs is 1. The Morgan fingerprint density at radius 3 is 2.55 bits per heavy atom. The SMILES string of the molecule is COc1cccc(OCCCn2c(CN3CCCCCC3)nc3ccccc32)c1. The van der Waals surface area contributed by atoms with Gasteiger partial charge < -0.3 is 14.0 Å². The lowest BCUT2D eigenvalue weighted by molar-refractivity contribution is 0.263. The number of aromatic nitrogens is 2. The number of aryl methyl sites for hydroxylation is 1. The van der Waals surface area contributed by atoms with E-state index in [0.717, 1.165) is 36.5 Å². The normalized spacial score (nSPS) is 15.3. The van der Waals surface area contributed by atoms with Gasteiger partial charge in [0.05, 0.1) is 31.3 Å². The molecular weight excluding hydrogens is 362 g/mol. The number of hydrogen-bond donors (Lipinski definition) is 0. The Bertz CT molecular complexity index is 913. The summed E-state index contributed by atoms with van der Waals surface area (Å²) < 4.78 is 13.6. The van der Waals surface area contributed by atoms with Gasteiger partial charge in [0.15, 0.2) is 0 Å². The van der Waals surface area contributed by atoms with Crippen molar-refractivity contribution >= 4 is 11.0 Å². The third-order valence-electron chi connectivity index (χ3n) is 5.63. The van der Waals surface area contributed by atoms with Crippen molar-refractivity contribution in [3.63, 3.8) is 0 Å². The van der Waals surface area contributed by atoms with Gasteiger partial charge in [0.1, 0.15) is 17.3 Å². The Morgan fingerprint density at radius 2 is 1.72 bits per heavy atom. The molecule has 0 atom stereocenters. The molecule has 0 unspecified atom stereocenters. The number of ether oxygens (including phenoxy) is 2. The smallest absolute Gasteiger partial charge is 0.124 e. The lowest BCUT2D eigenvalue weighted by Gasteiger charge is -2.20. The van der Waals surface area contributed by atoms with Crippen LogP contribution >= 0.6 is 0 Å². The van der Waals surface area contributed by atoms with E-state index in [9.17, 15) is 0 Å². The Kier molecular flexibility index (Phi) is 6.67. The summed E-state index contributed by atoms with van der Waals surface area (Å²) in [5, 5.41) is 0. The van der Waals surface area contributed by atoms with Crippen LogP contribution in [0.2, 0.25) is 0 Å². The average Bonchev–Trinajstić information content (AvgIpc) is 2.90. The number of benzene rings is 2. The topological polar surface area (TPSA) is 39.5 Å². The Labute approximate surface area is 173 Å². The molecule has 0 N–H and O–H groups in total. The molecule has 2 heterocycles. The van der Waals surface area contributed by atoms with Crippen LogP contribution in [0.5, 0.6) is 11.5 Å². The minimum Gasteiger partial charge on any atom is -0.497 e. The summed E-state index contributed by atoms with van der Waals surface area (Å²) in [6.45, 7) is 4.88. The Morgan fingerprint density at radius 1 is 0.931 bits per heavy atom. The highest BCUT2D eigenvalue weighted by Gasteiger charge is 2.15. The van der Waals surface area contributed by atoms with E-state index in [2.05, 4.69) is 33.7 Å². The molecule has 5 heteroatoms. The summed E-state index contributed by atoms with van der Waals surface area (Å²) >= 11 is 0. The zero-order valence-corrected chi connectivity index (χ0v) is 17.3. The highest BCUT2D eigenvalue weighted by molar-refractivity contribution is 5.75. The second kappa shape index (κ2) is 9.79. The van der Waals surface area contributed by atoms with E-state index in [1.807, 2.05) is 24.3 Å². The second-order valence-electron chi connectivity index (χ2n) is 7.74. The minimum atomic E-state index is 0.669. The van der Waals surface area contributed by atoms with Crippen LogP contribution in [0.4, 0.5) is 0 Å². The first-order valence-electron chi connectivity index (χ1n) is 10.8. The lowest BCUT2D eigenvalue weighted by atomic mass is 10.2. The summed E-state index contributed by atoms with van der Waals surface area (Å²) in [5.41, 5.74) is 2.31. The maximum absolute atomic E-state index is 5.94. The zero-order chi connectivity index (χ0) is 19.9. The molecule has 154 valence electrons. The predicted octanol–water partition coefficient (Wildman–Crippen LogP) is 4.89. The van der Waals surface area contributed by atoms with Crippen LogP contribution in [0, 0.1) is 0 Å². The van der Waals surface area contributed by atoms with Crippen LogP contribution in [0.15, 0.2) is 48.5 Å². The molecule has 0 amide bonds. The van der Waals surface area contributed by atoms with Gasteiger partial charge in [-0.05, 0) is 56.6 Å². The third-order valence-corrected chi connectivity index (χ3v) is 5.63. The first-order chi connectivity index (χ1) is 14.3. The van der Waals surface area contributed by atoms with Gasteiger partial charge in [0.2, 0.25) is 0 Å². The van der Waals surface area contributed by atoms with E-state index < -0.39 is 0 Å². The first-order valence-corrected chi connectivity index (χ1v) is 10.8. The van der Waals surface area contributed by atoms with Crippen LogP contribution in [-0.4, -0.2) is 41.3 Å². The van der Waals surface area contributed by atoms with Crippen molar-refractivity contribution < 1.29 is 9.47 Å². The number of nitrogens with zero attached hydrogens (tertiary/aromatic N) is 3. The lowest BCUT2D eigenvalue weighted by Crippen LogP contribution is -2.26. The van der Waals surface area contributed by atoms with E-state index in [1.54, 1.807) is 7.11 Å². The molecule has 4 rings (SSSR count). The van der Waals surface area contributed by atoms with Crippen molar-refractivity contribution in [2.45, 2.75) is 45.2 Å². The van der Waals surface area contributed by atoms with Gasteiger partial charge in [-0.1, -0.05) is 31.0 Å². The molecule has 1 aromatic heterocycles. The second-order valence-corrected chi connectivity index (χ2v) is 7.74. The van der Waals surface area contributed by atoms with Gasteiger partial charge in [-0.2, -0.15) is 0 Å². The number of methoxy groups -OCH3 is 1. The van der Waals surface area contributed by atoms with Gasteiger partial charge in [-0.3, -0.25) is 4.90 Å². The predicted molar refractivity (Wildman–Crippen MR) is 117 cm³/mol. The standard InChI is InChI=1S/C24H31N3O2/c1-28-20-10-8-11-21(18-20)29-17-9-16-27-23-13-5-4-12-22(23)25-24(27)19-26-14-6-2-3-7-15-26/h4-5,8,10-13,18H,2-3,6-7,9,14-17,19H2,1H3. The fourth-order valence-corrected chi connectivity index (χ4v) is 4.09. The van der Waals surface area contributed by atoms with Gasteiger partial charge in [-0.15, -0.1) is 0 Å². The molecule has 29 heavy (non-hydrogen) atoms. The minimum absolute atomic E-state index is 0.669. The largest absolute Gasteiger partial charge is 0.497 e. The summed E-state index contributed by atoms with van der Waals surface area (Å²) in [4.78, 5) is 7.53. The molecule has 0 bridgehead atoms. The number of likely N-dealkylation sites (tertiary alicyclic amines) is 1. The molecule has 0 saturated carbocycles. The molecule has 3 aromatic rings. The van der Waals surface area contributed by atoms with Gasteiger partial charge in [0.25, 0.3) is 0 Å². The van der Waals surface area contributed by atoms with Gasteiger partial charge in [-0.25, -0.2) is 4.98 Å². The quantitative estimate of drug-likeness (QED) is 0.511. The highest BCUT2D eigenvalue weighted by Crippen LogP contribution is 2.21. The molecule has 1 saturated heterocycles. The van der Waals surface area contributed by atoms with E-state index in [0.29, 0.717) is 6.61 Å². The van der Waals surface area contributed by atoms with Crippen molar-refractivity contribution in [3.8, 4) is 11.5 Å². The Hall–Kier alpha value is -2.53. The van der Waals surface area contributed by atoms with E-state index in [1.165, 1.54) is 50.1 Å². The summed E-state index contributed by atoms with van der Waals surface area (Å²) in [5.74, 6) is 2.85. The molecule has 1 aliphatic heterocycles. The average molecular weight is 394 g/mol. The fraction of sp³-hybridized carbons (Fsp3) is 0.458. The van der Waals surface area contributed by atoms with Crippen LogP contribution in [0.3, 0.4) is 0 Å². The van der Waals surface area contributed by atoms with Crippen molar-refractivity contribution in [2.75, 3.05) is 26.8 Å². The highest BCUT2D eigenvalue weighted by atomic mass is 16.5. The number of para-hydroxylation sites is 2.